The van der Waals surface area contributed by atoms with E-state index < -0.39 is 0 Å². The highest BCUT2D eigenvalue weighted by atomic mass is 16.1. The molecule has 0 fully saturated rings. The number of imidazole rings is 1. The third-order valence-electron chi connectivity index (χ3n) is 1.06. The van der Waals surface area contributed by atoms with Gasteiger partial charge in [-0.15, -0.1) is 0 Å². The Morgan fingerprint density at radius 3 is 2.90 bits per heavy atom. The zero-order valence-corrected chi connectivity index (χ0v) is 5.40. The first-order chi connectivity index (χ1) is 4.74. The zero-order valence-electron chi connectivity index (χ0n) is 5.40. The van der Waals surface area contributed by atoms with Gasteiger partial charge in [0.05, 0.1) is 0 Å². The fraction of sp³-hybridized carbons (Fsp3) is 0.167. The normalized spacial score (nSPS) is 8.80. The predicted octanol–water partition coefficient (Wildman–Crippen LogP) is 0.415. The minimum atomic E-state index is -0.144. The summed E-state index contributed by atoms with van der Waals surface area (Å²) in [6.45, 7) is 1.41. The maximum absolute atomic E-state index is 10.6. The molecule has 0 aliphatic carbocycles. The molecule has 0 saturated carbocycles. The van der Waals surface area contributed by atoms with Crippen molar-refractivity contribution in [3.63, 3.8) is 0 Å². The lowest BCUT2D eigenvalue weighted by molar-refractivity contribution is 0.0936. The molecule has 0 amide bonds. The second-order valence-electron chi connectivity index (χ2n) is 1.80. The highest BCUT2D eigenvalue weighted by molar-refractivity contribution is 5.75. The van der Waals surface area contributed by atoms with Gasteiger partial charge in [0.1, 0.15) is 12.4 Å². The maximum atomic E-state index is 10.6. The van der Waals surface area contributed by atoms with Crippen LogP contribution in [0.4, 0.5) is 0 Å². The molecule has 0 aliphatic heterocycles. The maximum Gasteiger partial charge on any atom is 0.228 e. The third kappa shape index (κ3) is 1.03. The van der Waals surface area contributed by atoms with Crippen molar-refractivity contribution < 1.29 is 4.79 Å². The van der Waals surface area contributed by atoms with E-state index in [2.05, 4.69) is 4.98 Å². The van der Waals surface area contributed by atoms with Crippen molar-refractivity contribution in [2.24, 2.45) is 0 Å². The average molecular weight is 135 g/mol. The average Bonchev–Trinajstić information content (AvgIpc) is 2.34. The summed E-state index contributed by atoms with van der Waals surface area (Å²) in [6, 6.07) is 1.82. The van der Waals surface area contributed by atoms with Gasteiger partial charge in [-0.25, -0.2) is 4.98 Å². The van der Waals surface area contributed by atoms with Crippen molar-refractivity contribution in [2.45, 2.75) is 6.92 Å². The van der Waals surface area contributed by atoms with Crippen LogP contribution < -0.4 is 0 Å². The number of carbonyl (C=O) groups is 1. The summed E-state index contributed by atoms with van der Waals surface area (Å²) in [6.07, 6.45) is 2.71. The predicted molar refractivity (Wildman–Crippen MR) is 33.2 cm³/mol. The molecule has 10 heavy (non-hydrogen) atoms. The van der Waals surface area contributed by atoms with E-state index in [1.165, 1.54) is 24.0 Å². The SMILES string of the molecule is CC(=O)n1cnc(C#N)c1. The molecule has 1 aromatic rings. The second-order valence-corrected chi connectivity index (χ2v) is 1.80. The molecule has 1 aromatic heterocycles. The molecule has 0 spiro atoms. The smallest absolute Gasteiger partial charge is 0.228 e. The number of aromatic nitrogens is 2. The Bertz CT molecular complexity index is 294. The molecule has 0 atom stereocenters. The molecule has 4 nitrogen and oxygen atoms in total. The summed E-state index contributed by atoms with van der Waals surface area (Å²) in [4.78, 5) is 14.2. The summed E-state index contributed by atoms with van der Waals surface area (Å²) in [7, 11) is 0. The van der Waals surface area contributed by atoms with E-state index in [9.17, 15) is 4.79 Å². The van der Waals surface area contributed by atoms with Crippen molar-refractivity contribution in [1.29, 1.82) is 5.26 Å². The zero-order chi connectivity index (χ0) is 7.56. The van der Waals surface area contributed by atoms with Crippen LogP contribution in [0.2, 0.25) is 0 Å². The molecule has 0 saturated heterocycles. The van der Waals surface area contributed by atoms with E-state index in [0.717, 1.165) is 0 Å². The summed E-state index contributed by atoms with van der Waals surface area (Å²) < 4.78 is 1.26. The van der Waals surface area contributed by atoms with Crippen LogP contribution in [0, 0.1) is 11.3 Å². The van der Waals surface area contributed by atoms with Gasteiger partial charge in [0.25, 0.3) is 0 Å². The molecule has 0 unspecified atom stereocenters. The van der Waals surface area contributed by atoms with Gasteiger partial charge in [-0.1, -0.05) is 0 Å². The third-order valence-corrected chi connectivity index (χ3v) is 1.06. The number of hydrogen-bond acceptors (Lipinski definition) is 3. The molecule has 0 N–H and O–H groups in total. The highest BCUT2D eigenvalue weighted by Gasteiger charge is 1.98. The second kappa shape index (κ2) is 2.31. The van der Waals surface area contributed by atoms with Gasteiger partial charge in [0, 0.05) is 13.1 Å². The van der Waals surface area contributed by atoms with Crippen molar-refractivity contribution >= 4 is 5.91 Å². The number of nitrogens with zero attached hydrogens (tertiary/aromatic N) is 3. The summed E-state index contributed by atoms with van der Waals surface area (Å²) in [5.41, 5.74) is 0.259. The lowest BCUT2D eigenvalue weighted by Crippen LogP contribution is -2.00. The highest BCUT2D eigenvalue weighted by Crippen LogP contribution is 1.92. The minimum absolute atomic E-state index is 0.144. The van der Waals surface area contributed by atoms with Crippen LogP contribution in [0.1, 0.15) is 17.4 Å². The molecule has 0 aromatic carbocycles. The first kappa shape index (κ1) is 6.49. The van der Waals surface area contributed by atoms with E-state index in [1.807, 2.05) is 6.07 Å². The van der Waals surface area contributed by atoms with E-state index in [1.54, 1.807) is 0 Å². The molecule has 0 radical (unpaired) electrons. The number of hydrogen-bond donors (Lipinski definition) is 0. The topological polar surface area (TPSA) is 58.7 Å². The van der Waals surface area contributed by atoms with E-state index >= 15 is 0 Å². The summed E-state index contributed by atoms with van der Waals surface area (Å²) in [5, 5.41) is 8.30. The van der Waals surface area contributed by atoms with Crippen LogP contribution in [0.15, 0.2) is 12.5 Å². The first-order valence-electron chi connectivity index (χ1n) is 2.69. The van der Waals surface area contributed by atoms with Gasteiger partial charge >= 0.3 is 0 Å². The van der Waals surface area contributed by atoms with Crippen LogP contribution in [-0.2, 0) is 0 Å². The van der Waals surface area contributed by atoms with Crippen LogP contribution >= 0.6 is 0 Å². The molecular weight excluding hydrogens is 130 g/mol. The van der Waals surface area contributed by atoms with Gasteiger partial charge in [-0.2, -0.15) is 5.26 Å². The van der Waals surface area contributed by atoms with Gasteiger partial charge in [-0.3, -0.25) is 9.36 Å². The molecule has 0 aliphatic rings. The number of nitriles is 1. The molecule has 1 heterocycles. The molecule has 0 bridgehead atoms. The Labute approximate surface area is 57.7 Å². The lowest BCUT2D eigenvalue weighted by Gasteiger charge is -1.87. The van der Waals surface area contributed by atoms with Crippen LogP contribution in [0.5, 0.6) is 0 Å². The van der Waals surface area contributed by atoms with E-state index in [-0.39, 0.29) is 11.6 Å². The first-order valence-corrected chi connectivity index (χ1v) is 2.69. The number of carbonyl (C=O) groups excluding carboxylic acids is 1. The quantitative estimate of drug-likeness (QED) is 0.517. The van der Waals surface area contributed by atoms with E-state index in [4.69, 9.17) is 5.26 Å². The summed E-state index contributed by atoms with van der Waals surface area (Å²) in [5.74, 6) is -0.144. The van der Waals surface area contributed by atoms with Gasteiger partial charge in [-0.05, 0) is 0 Å². The number of rotatable bonds is 0. The standard InChI is InChI=1S/C6H5N3O/c1-5(10)9-3-6(2-7)8-4-9/h3-4H,1H3. The lowest BCUT2D eigenvalue weighted by atomic mass is 10.5. The Kier molecular flexibility index (Phi) is 1.50. The van der Waals surface area contributed by atoms with Crippen LogP contribution in [-0.4, -0.2) is 15.5 Å². The van der Waals surface area contributed by atoms with Crippen molar-refractivity contribution in [3.8, 4) is 6.07 Å². The molecule has 50 valence electrons. The summed E-state index contributed by atoms with van der Waals surface area (Å²) >= 11 is 0. The van der Waals surface area contributed by atoms with Crippen LogP contribution in [0.3, 0.4) is 0 Å². The van der Waals surface area contributed by atoms with Crippen LogP contribution in [0.25, 0.3) is 0 Å². The van der Waals surface area contributed by atoms with Crippen molar-refractivity contribution in [1.82, 2.24) is 9.55 Å². The Balaban J connectivity index is 3.02. The van der Waals surface area contributed by atoms with Gasteiger partial charge < -0.3 is 0 Å². The Morgan fingerprint density at radius 1 is 1.90 bits per heavy atom. The van der Waals surface area contributed by atoms with E-state index in [0.29, 0.717) is 0 Å². The van der Waals surface area contributed by atoms with Crippen molar-refractivity contribution in [2.75, 3.05) is 0 Å². The van der Waals surface area contributed by atoms with Crippen molar-refractivity contribution in [3.05, 3.63) is 18.2 Å². The fourth-order valence-electron chi connectivity index (χ4n) is 0.553. The Morgan fingerprint density at radius 2 is 2.60 bits per heavy atom. The largest absolute Gasteiger partial charge is 0.275 e. The monoisotopic (exact) mass is 135 g/mol. The fourth-order valence-corrected chi connectivity index (χ4v) is 0.553. The molecule has 4 heteroatoms. The van der Waals surface area contributed by atoms with Gasteiger partial charge in [0.15, 0.2) is 5.69 Å². The molecule has 1 rings (SSSR count). The van der Waals surface area contributed by atoms with Gasteiger partial charge in [0.2, 0.25) is 5.91 Å². The Hall–Kier alpha value is -1.63. The minimum Gasteiger partial charge on any atom is -0.275 e. The molecular formula is C6H5N3O.